The normalized spacial score (nSPS) is 11.9. The zero-order valence-corrected chi connectivity index (χ0v) is 13.8. The van der Waals surface area contributed by atoms with Gasteiger partial charge in [-0.3, -0.25) is 4.79 Å². The Hall–Kier alpha value is -1.35. The third-order valence-corrected chi connectivity index (χ3v) is 4.05. The second-order valence-electron chi connectivity index (χ2n) is 4.80. The van der Waals surface area contributed by atoms with Gasteiger partial charge >= 0.3 is 0 Å². The molecule has 1 unspecified atom stereocenters. The number of aliphatic hydroxyl groups excluding tert-OH is 1. The molecule has 0 radical (unpaired) electrons. The molecule has 1 aromatic rings. The summed E-state index contributed by atoms with van der Waals surface area (Å²) in [5.74, 6) is 5.72. The standard InChI is InChI=1S/C16H24N2O2S/c1-4-18(5-2)12-13(3)17-16(20)15-14(9-11-21-15)8-6-7-10-19/h9,11,13,19H,4-5,7,10,12H2,1-3H3,(H,17,20). The van der Waals surface area contributed by atoms with Crippen LogP contribution in [-0.4, -0.2) is 48.2 Å². The Morgan fingerprint density at radius 2 is 2.19 bits per heavy atom. The number of nitrogens with one attached hydrogen (secondary N) is 1. The lowest BCUT2D eigenvalue weighted by molar-refractivity contribution is 0.0934. The van der Waals surface area contributed by atoms with Gasteiger partial charge in [0.05, 0.1) is 6.61 Å². The smallest absolute Gasteiger partial charge is 0.262 e. The van der Waals surface area contributed by atoms with Crippen LogP contribution in [0.1, 0.15) is 42.4 Å². The third kappa shape index (κ3) is 5.88. The maximum absolute atomic E-state index is 12.3. The summed E-state index contributed by atoms with van der Waals surface area (Å²) < 4.78 is 0. The Labute approximate surface area is 131 Å². The van der Waals surface area contributed by atoms with Crippen LogP contribution in [0.2, 0.25) is 0 Å². The van der Waals surface area contributed by atoms with Crippen molar-refractivity contribution in [2.24, 2.45) is 0 Å². The molecule has 1 aromatic heterocycles. The summed E-state index contributed by atoms with van der Waals surface area (Å²) in [7, 11) is 0. The lowest BCUT2D eigenvalue weighted by Crippen LogP contribution is -2.41. The van der Waals surface area contributed by atoms with Gasteiger partial charge in [-0.2, -0.15) is 0 Å². The van der Waals surface area contributed by atoms with Crippen molar-refractivity contribution >= 4 is 17.2 Å². The number of aliphatic hydroxyl groups is 1. The maximum Gasteiger partial charge on any atom is 0.262 e. The fraction of sp³-hybridized carbons (Fsp3) is 0.562. The fourth-order valence-electron chi connectivity index (χ4n) is 2.00. The van der Waals surface area contributed by atoms with Gasteiger partial charge in [-0.1, -0.05) is 25.7 Å². The van der Waals surface area contributed by atoms with E-state index in [4.69, 9.17) is 5.11 Å². The van der Waals surface area contributed by atoms with Crippen LogP contribution in [0.4, 0.5) is 0 Å². The average Bonchev–Trinajstić information content (AvgIpc) is 2.93. The van der Waals surface area contributed by atoms with Gasteiger partial charge in [-0.25, -0.2) is 0 Å². The number of hydrogen-bond acceptors (Lipinski definition) is 4. The molecule has 0 aliphatic rings. The summed E-state index contributed by atoms with van der Waals surface area (Å²) in [6.07, 6.45) is 0.426. The first-order chi connectivity index (χ1) is 10.1. The zero-order chi connectivity index (χ0) is 15.7. The quantitative estimate of drug-likeness (QED) is 0.757. The Bertz CT molecular complexity index is 498. The fourth-order valence-corrected chi connectivity index (χ4v) is 2.75. The second-order valence-corrected chi connectivity index (χ2v) is 5.72. The molecule has 0 aliphatic carbocycles. The van der Waals surface area contributed by atoms with E-state index < -0.39 is 0 Å². The molecule has 116 valence electrons. The molecule has 0 saturated heterocycles. The maximum atomic E-state index is 12.3. The number of carbonyl (C=O) groups is 1. The van der Waals surface area contributed by atoms with Crippen molar-refractivity contribution in [3.8, 4) is 11.8 Å². The number of carbonyl (C=O) groups excluding carboxylic acids is 1. The van der Waals surface area contributed by atoms with Crippen molar-refractivity contribution in [1.29, 1.82) is 0 Å². The van der Waals surface area contributed by atoms with Crippen LogP contribution in [0.3, 0.4) is 0 Å². The van der Waals surface area contributed by atoms with Gasteiger partial charge in [-0.15, -0.1) is 11.3 Å². The molecule has 4 nitrogen and oxygen atoms in total. The molecule has 0 bridgehead atoms. The highest BCUT2D eigenvalue weighted by Gasteiger charge is 2.15. The van der Waals surface area contributed by atoms with Gasteiger partial charge < -0.3 is 15.3 Å². The van der Waals surface area contributed by atoms with E-state index in [1.807, 2.05) is 18.4 Å². The van der Waals surface area contributed by atoms with Crippen molar-refractivity contribution in [2.75, 3.05) is 26.2 Å². The predicted octanol–water partition coefficient (Wildman–Crippen LogP) is 1.94. The van der Waals surface area contributed by atoms with E-state index in [0.717, 1.165) is 25.2 Å². The molecule has 0 fully saturated rings. The van der Waals surface area contributed by atoms with Crippen LogP contribution in [0, 0.1) is 11.8 Å². The summed E-state index contributed by atoms with van der Waals surface area (Å²) >= 11 is 1.40. The molecule has 2 N–H and O–H groups in total. The second kappa shape index (κ2) is 9.56. The van der Waals surface area contributed by atoms with E-state index in [-0.39, 0.29) is 18.6 Å². The van der Waals surface area contributed by atoms with E-state index in [1.54, 1.807) is 0 Å². The number of amides is 1. The van der Waals surface area contributed by atoms with Crippen LogP contribution >= 0.6 is 11.3 Å². The van der Waals surface area contributed by atoms with Crippen molar-refractivity contribution in [1.82, 2.24) is 10.2 Å². The first kappa shape index (κ1) is 17.7. The van der Waals surface area contributed by atoms with Gasteiger partial charge in [0.2, 0.25) is 0 Å². The summed E-state index contributed by atoms with van der Waals surface area (Å²) in [5.41, 5.74) is 0.737. The molecule has 0 spiro atoms. The van der Waals surface area contributed by atoms with Crippen LogP contribution in [0.15, 0.2) is 11.4 Å². The van der Waals surface area contributed by atoms with E-state index >= 15 is 0 Å². The van der Waals surface area contributed by atoms with Crippen LogP contribution < -0.4 is 5.32 Å². The number of nitrogens with zero attached hydrogens (tertiary/aromatic N) is 1. The largest absolute Gasteiger partial charge is 0.395 e. The number of thiophene rings is 1. The predicted molar refractivity (Wildman–Crippen MR) is 87.6 cm³/mol. The molecule has 21 heavy (non-hydrogen) atoms. The molecule has 0 saturated carbocycles. The molecule has 1 amide bonds. The summed E-state index contributed by atoms with van der Waals surface area (Å²) in [5, 5.41) is 13.6. The lowest BCUT2D eigenvalue weighted by atomic mass is 10.2. The first-order valence-corrected chi connectivity index (χ1v) is 8.20. The van der Waals surface area contributed by atoms with Crippen LogP contribution in [0.25, 0.3) is 0 Å². The van der Waals surface area contributed by atoms with Gasteiger partial charge in [0.15, 0.2) is 0 Å². The minimum absolute atomic E-state index is 0.0412. The highest BCUT2D eigenvalue weighted by Crippen LogP contribution is 2.16. The zero-order valence-electron chi connectivity index (χ0n) is 13.0. The topological polar surface area (TPSA) is 52.6 Å². The Morgan fingerprint density at radius 1 is 1.48 bits per heavy atom. The van der Waals surface area contributed by atoms with Gasteiger partial charge in [0.1, 0.15) is 4.88 Å². The minimum atomic E-state index is -0.0713. The Kier molecular flexibility index (Phi) is 8.06. The molecule has 1 heterocycles. The molecule has 0 aliphatic heterocycles. The molecular formula is C16H24N2O2S. The van der Waals surface area contributed by atoms with E-state index in [0.29, 0.717) is 11.3 Å². The monoisotopic (exact) mass is 308 g/mol. The number of likely N-dealkylation sites (N-methyl/N-ethyl adjacent to an activating group) is 1. The van der Waals surface area contributed by atoms with E-state index in [9.17, 15) is 4.79 Å². The third-order valence-electron chi connectivity index (χ3n) is 3.14. The Morgan fingerprint density at radius 3 is 2.81 bits per heavy atom. The SMILES string of the molecule is CCN(CC)CC(C)NC(=O)c1sccc1C#CCCO. The van der Waals surface area contributed by atoms with Crippen molar-refractivity contribution in [3.63, 3.8) is 0 Å². The molecular weight excluding hydrogens is 284 g/mol. The number of hydrogen-bond donors (Lipinski definition) is 2. The highest BCUT2D eigenvalue weighted by molar-refractivity contribution is 7.12. The van der Waals surface area contributed by atoms with Crippen molar-refractivity contribution < 1.29 is 9.90 Å². The van der Waals surface area contributed by atoms with Gasteiger partial charge in [-0.05, 0) is 31.5 Å². The minimum Gasteiger partial charge on any atom is -0.395 e. The summed E-state index contributed by atoms with van der Waals surface area (Å²) in [4.78, 5) is 15.2. The van der Waals surface area contributed by atoms with Crippen molar-refractivity contribution in [2.45, 2.75) is 33.2 Å². The summed E-state index contributed by atoms with van der Waals surface area (Å²) in [6, 6.07) is 1.94. The summed E-state index contributed by atoms with van der Waals surface area (Å²) in [6.45, 7) is 9.09. The first-order valence-electron chi connectivity index (χ1n) is 7.32. The molecule has 1 rings (SSSR count). The number of rotatable bonds is 7. The Balaban J connectivity index is 2.64. The van der Waals surface area contributed by atoms with E-state index in [2.05, 4.69) is 35.9 Å². The van der Waals surface area contributed by atoms with Crippen molar-refractivity contribution in [3.05, 3.63) is 21.9 Å². The van der Waals surface area contributed by atoms with Gasteiger partial charge in [0, 0.05) is 24.6 Å². The van der Waals surface area contributed by atoms with Crippen LogP contribution in [0.5, 0.6) is 0 Å². The molecule has 1 atom stereocenters. The highest BCUT2D eigenvalue weighted by atomic mass is 32.1. The molecule has 0 aromatic carbocycles. The lowest BCUT2D eigenvalue weighted by Gasteiger charge is -2.23. The van der Waals surface area contributed by atoms with Gasteiger partial charge in [0.25, 0.3) is 5.91 Å². The molecule has 5 heteroatoms. The van der Waals surface area contributed by atoms with E-state index in [1.165, 1.54) is 11.3 Å². The average molecular weight is 308 g/mol. The van der Waals surface area contributed by atoms with Crippen LogP contribution in [-0.2, 0) is 0 Å².